The Morgan fingerprint density at radius 2 is 1.80 bits per heavy atom. The molecule has 0 fully saturated rings. The minimum absolute atomic E-state index is 0. The molecule has 0 amide bonds. The zero-order chi connectivity index (χ0) is 16.9. The highest BCUT2D eigenvalue weighted by Crippen LogP contribution is 2.29. The molecule has 0 aliphatic heterocycles. The Kier molecular flexibility index (Phi) is 7.09. The molecule has 3 aromatic rings. The van der Waals surface area contributed by atoms with Crippen molar-refractivity contribution in [2.45, 2.75) is 19.6 Å². The van der Waals surface area contributed by atoms with Crippen LogP contribution in [0.4, 0.5) is 0 Å². The third-order valence-electron chi connectivity index (χ3n) is 4.02. The highest BCUT2D eigenvalue weighted by atomic mass is 35.5. The maximum absolute atomic E-state index is 10.1. The standard InChI is InChI=1S/C20H20ClNO2.ClH/c1-14-17(8-5-9-18(14)21)20-11-10-16(24-20)12-22-13-19(23)15-6-3-2-4-7-15;/h2-11,19,22-23H,12-13H2,1H3;1H. The highest BCUT2D eigenvalue weighted by molar-refractivity contribution is 6.31. The lowest BCUT2D eigenvalue weighted by Crippen LogP contribution is -2.20. The first-order chi connectivity index (χ1) is 11.6. The zero-order valence-electron chi connectivity index (χ0n) is 13.9. The molecule has 0 radical (unpaired) electrons. The number of hydrogen-bond donors (Lipinski definition) is 2. The Labute approximate surface area is 159 Å². The van der Waals surface area contributed by atoms with E-state index in [2.05, 4.69) is 5.32 Å². The quantitative estimate of drug-likeness (QED) is 0.623. The molecule has 0 saturated carbocycles. The van der Waals surface area contributed by atoms with E-state index in [-0.39, 0.29) is 12.4 Å². The molecule has 3 rings (SSSR count). The second-order valence-electron chi connectivity index (χ2n) is 5.74. The lowest BCUT2D eigenvalue weighted by molar-refractivity contribution is 0.173. The lowest BCUT2D eigenvalue weighted by atomic mass is 10.1. The first kappa shape index (κ1) is 19.5. The molecule has 2 aromatic carbocycles. The molecule has 0 aliphatic rings. The highest BCUT2D eigenvalue weighted by Gasteiger charge is 2.10. The van der Waals surface area contributed by atoms with Gasteiger partial charge in [-0.3, -0.25) is 0 Å². The van der Waals surface area contributed by atoms with Crippen LogP contribution in [0.25, 0.3) is 11.3 Å². The molecule has 1 heterocycles. The van der Waals surface area contributed by atoms with Crippen LogP contribution in [0.3, 0.4) is 0 Å². The van der Waals surface area contributed by atoms with E-state index in [1.165, 1.54) is 0 Å². The first-order valence-electron chi connectivity index (χ1n) is 7.93. The van der Waals surface area contributed by atoms with Crippen LogP contribution in [-0.2, 0) is 6.54 Å². The maximum atomic E-state index is 10.1. The molecule has 2 N–H and O–H groups in total. The summed E-state index contributed by atoms with van der Waals surface area (Å²) < 4.78 is 5.89. The van der Waals surface area contributed by atoms with Crippen molar-refractivity contribution in [1.82, 2.24) is 5.32 Å². The van der Waals surface area contributed by atoms with E-state index < -0.39 is 6.10 Å². The largest absolute Gasteiger partial charge is 0.460 e. The predicted molar refractivity (Wildman–Crippen MR) is 104 cm³/mol. The summed E-state index contributed by atoms with van der Waals surface area (Å²) in [6, 6.07) is 19.3. The smallest absolute Gasteiger partial charge is 0.134 e. The summed E-state index contributed by atoms with van der Waals surface area (Å²) in [5.41, 5.74) is 2.91. The monoisotopic (exact) mass is 377 g/mol. The Bertz CT molecular complexity index is 802. The van der Waals surface area contributed by atoms with Gasteiger partial charge in [0, 0.05) is 17.1 Å². The van der Waals surface area contributed by atoms with Gasteiger partial charge in [-0.15, -0.1) is 12.4 Å². The van der Waals surface area contributed by atoms with Gasteiger partial charge in [0.1, 0.15) is 11.5 Å². The van der Waals surface area contributed by atoms with E-state index >= 15 is 0 Å². The molecule has 5 heteroatoms. The molecule has 1 aromatic heterocycles. The molecule has 132 valence electrons. The van der Waals surface area contributed by atoms with Crippen molar-refractivity contribution < 1.29 is 9.52 Å². The number of furan rings is 1. The summed E-state index contributed by atoms with van der Waals surface area (Å²) in [6.45, 7) is 3.01. The normalized spacial score (nSPS) is 11.8. The fraction of sp³-hybridized carbons (Fsp3) is 0.200. The van der Waals surface area contributed by atoms with Crippen LogP contribution in [0.5, 0.6) is 0 Å². The fourth-order valence-electron chi connectivity index (χ4n) is 2.62. The molecule has 3 nitrogen and oxygen atoms in total. The van der Waals surface area contributed by atoms with Crippen LogP contribution in [0, 0.1) is 6.92 Å². The number of aliphatic hydroxyl groups excluding tert-OH is 1. The van der Waals surface area contributed by atoms with E-state index in [9.17, 15) is 5.11 Å². The van der Waals surface area contributed by atoms with Gasteiger partial charge in [0.05, 0.1) is 12.6 Å². The summed E-state index contributed by atoms with van der Waals surface area (Å²) in [6.07, 6.45) is -0.532. The summed E-state index contributed by atoms with van der Waals surface area (Å²) in [7, 11) is 0. The summed E-state index contributed by atoms with van der Waals surface area (Å²) in [4.78, 5) is 0. The molecule has 0 spiro atoms. The van der Waals surface area contributed by atoms with Crippen LogP contribution in [0.15, 0.2) is 65.1 Å². The summed E-state index contributed by atoms with van der Waals surface area (Å²) in [5.74, 6) is 1.63. The van der Waals surface area contributed by atoms with Gasteiger partial charge < -0.3 is 14.8 Å². The van der Waals surface area contributed by atoms with Gasteiger partial charge in [0.15, 0.2) is 0 Å². The molecule has 25 heavy (non-hydrogen) atoms. The minimum atomic E-state index is -0.532. The number of benzene rings is 2. The van der Waals surface area contributed by atoms with Crippen molar-refractivity contribution in [3.63, 3.8) is 0 Å². The van der Waals surface area contributed by atoms with E-state index in [0.29, 0.717) is 13.1 Å². The van der Waals surface area contributed by atoms with Crippen molar-refractivity contribution in [1.29, 1.82) is 0 Å². The molecular weight excluding hydrogens is 357 g/mol. The first-order valence-corrected chi connectivity index (χ1v) is 8.31. The van der Waals surface area contributed by atoms with E-state index in [0.717, 1.165) is 33.2 Å². The van der Waals surface area contributed by atoms with Gasteiger partial charge in [-0.25, -0.2) is 0 Å². The predicted octanol–water partition coefficient (Wildman–Crippen LogP) is 5.15. The van der Waals surface area contributed by atoms with Crippen molar-refractivity contribution in [2.24, 2.45) is 0 Å². The average Bonchev–Trinajstić information content (AvgIpc) is 3.06. The Morgan fingerprint density at radius 1 is 1.04 bits per heavy atom. The molecule has 1 atom stereocenters. The Hall–Kier alpha value is -1.78. The SMILES string of the molecule is Cc1c(Cl)cccc1-c1ccc(CNCC(O)c2ccccc2)o1.Cl. The number of halogens is 2. The molecule has 0 bridgehead atoms. The number of aliphatic hydroxyl groups is 1. The van der Waals surface area contributed by atoms with Crippen LogP contribution in [0.2, 0.25) is 5.02 Å². The molecule has 1 unspecified atom stereocenters. The fourth-order valence-corrected chi connectivity index (χ4v) is 2.79. The van der Waals surface area contributed by atoms with Crippen LogP contribution in [0.1, 0.15) is 23.0 Å². The van der Waals surface area contributed by atoms with Crippen molar-refractivity contribution in [2.75, 3.05) is 6.54 Å². The average molecular weight is 378 g/mol. The topological polar surface area (TPSA) is 45.4 Å². The zero-order valence-corrected chi connectivity index (χ0v) is 15.5. The molecule has 0 saturated heterocycles. The van der Waals surface area contributed by atoms with Crippen LogP contribution in [-0.4, -0.2) is 11.7 Å². The van der Waals surface area contributed by atoms with Gasteiger partial charge in [-0.2, -0.15) is 0 Å². The van der Waals surface area contributed by atoms with E-state index in [1.54, 1.807) is 0 Å². The van der Waals surface area contributed by atoms with Gasteiger partial charge in [-0.1, -0.05) is 54.1 Å². The number of rotatable bonds is 6. The van der Waals surface area contributed by atoms with Gasteiger partial charge in [-0.05, 0) is 36.2 Å². The second kappa shape index (κ2) is 9.07. The third kappa shape index (κ3) is 4.86. The van der Waals surface area contributed by atoms with Crippen LogP contribution >= 0.6 is 24.0 Å². The van der Waals surface area contributed by atoms with Gasteiger partial charge >= 0.3 is 0 Å². The third-order valence-corrected chi connectivity index (χ3v) is 4.43. The number of hydrogen-bond acceptors (Lipinski definition) is 3. The van der Waals surface area contributed by atoms with Crippen molar-refractivity contribution >= 4 is 24.0 Å². The minimum Gasteiger partial charge on any atom is -0.460 e. The van der Waals surface area contributed by atoms with Crippen LogP contribution < -0.4 is 5.32 Å². The Morgan fingerprint density at radius 3 is 2.56 bits per heavy atom. The van der Waals surface area contributed by atoms with E-state index in [1.807, 2.05) is 67.6 Å². The second-order valence-corrected chi connectivity index (χ2v) is 6.14. The van der Waals surface area contributed by atoms with Gasteiger partial charge in [0.25, 0.3) is 0 Å². The number of nitrogens with one attached hydrogen (secondary N) is 1. The lowest BCUT2D eigenvalue weighted by Gasteiger charge is -2.11. The summed E-state index contributed by atoms with van der Waals surface area (Å²) >= 11 is 6.17. The Balaban J connectivity index is 0.00000225. The summed E-state index contributed by atoms with van der Waals surface area (Å²) in [5, 5.41) is 14.1. The van der Waals surface area contributed by atoms with Gasteiger partial charge in [0.2, 0.25) is 0 Å². The maximum Gasteiger partial charge on any atom is 0.134 e. The van der Waals surface area contributed by atoms with Crippen molar-refractivity contribution in [3.8, 4) is 11.3 Å². The molecule has 0 aliphatic carbocycles. The van der Waals surface area contributed by atoms with Crippen molar-refractivity contribution in [3.05, 3.63) is 82.6 Å². The molecular formula is C20H21Cl2NO2. The van der Waals surface area contributed by atoms with E-state index in [4.69, 9.17) is 16.0 Å².